The summed E-state index contributed by atoms with van der Waals surface area (Å²) in [6.45, 7) is 0. The third-order valence-electron chi connectivity index (χ3n) is 12.8. The lowest BCUT2D eigenvalue weighted by Crippen LogP contribution is -2.00. The van der Waals surface area contributed by atoms with Crippen LogP contribution in [-0.2, 0) is 0 Å². The molecule has 0 amide bonds. The fourth-order valence-corrected chi connectivity index (χ4v) is 9.02. The van der Waals surface area contributed by atoms with Crippen molar-refractivity contribution in [2.45, 2.75) is 0 Å². The second kappa shape index (κ2) is 19.7. The molecule has 0 N–H and O–H groups in total. The Balaban J connectivity index is 0.906. The fraction of sp³-hybridized carbons (Fsp3) is 0. The summed E-state index contributed by atoms with van der Waals surface area (Å²) in [6.07, 6.45) is 0. The number of hydrogen-bond donors (Lipinski definition) is 0. The van der Waals surface area contributed by atoms with E-state index in [-0.39, 0.29) is 0 Å². The normalized spacial score (nSPS) is 11.1. The molecule has 12 aromatic rings. The summed E-state index contributed by atoms with van der Waals surface area (Å²) in [7, 11) is 0. The highest BCUT2D eigenvalue weighted by Crippen LogP contribution is 2.36. The van der Waals surface area contributed by atoms with Gasteiger partial charge in [-0.05, 0) is 86.0 Å². The number of benzene rings is 10. The molecular weight excluding hydrogens is 877 g/mol. The zero-order valence-electron chi connectivity index (χ0n) is 39.1. The quantitative estimate of drug-likeness (QED) is 0.129. The van der Waals surface area contributed by atoms with E-state index in [0.29, 0.717) is 34.9 Å². The zero-order chi connectivity index (χ0) is 48.1. The first-order valence-electron chi connectivity index (χ1n) is 24.0. The van der Waals surface area contributed by atoms with Gasteiger partial charge in [0.25, 0.3) is 0 Å². The van der Waals surface area contributed by atoms with Gasteiger partial charge in [0.05, 0.1) is 0 Å². The molecule has 0 saturated heterocycles. The number of rotatable bonds is 11. The molecule has 0 spiro atoms. The van der Waals surface area contributed by atoms with Crippen LogP contribution in [0, 0.1) is 0 Å². The minimum absolute atomic E-state index is 0.597. The Bertz CT molecular complexity index is 3750. The summed E-state index contributed by atoms with van der Waals surface area (Å²) in [5.74, 6) is 3.65. The molecule has 2 heterocycles. The Kier molecular flexibility index (Phi) is 11.9. The van der Waals surface area contributed by atoms with Crippen LogP contribution in [0.4, 0.5) is 0 Å². The molecular formula is C66H44N6. The van der Waals surface area contributed by atoms with E-state index in [1.165, 1.54) is 11.1 Å². The van der Waals surface area contributed by atoms with E-state index < -0.39 is 0 Å². The van der Waals surface area contributed by atoms with Crippen LogP contribution in [0.2, 0.25) is 0 Å². The topological polar surface area (TPSA) is 77.3 Å². The molecule has 0 atom stereocenters. The van der Waals surface area contributed by atoms with Gasteiger partial charge < -0.3 is 0 Å². The summed E-state index contributed by atoms with van der Waals surface area (Å²) in [5.41, 5.74) is 16.5. The molecule has 0 radical (unpaired) electrons. The smallest absolute Gasteiger partial charge is 0.164 e. The third kappa shape index (κ3) is 9.36. The molecule has 6 nitrogen and oxygen atoms in total. The molecule has 0 bridgehead atoms. The van der Waals surface area contributed by atoms with E-state index in [0.717, 1.165) is 77.9 Å². The van der Waals surface area contributed by atoms with Gasteiger partial charge in [0.1, 0.15) is 0 Å². The van der Waals surface area contributed by atoms with E-state index >= 15 is 0 Å². The molecule has 0 saturated carbocycles. The second-order valence-electron chi connectivity index (χ2n) is 17.6. The van der Waals surface area contributed by atoms with Gasteiger partial charge in [-0.25, -0.2) is 29.9 Å². The van der Waals surface area contributed by atoms with E-state index in [1.54, 1.807) is 0 Å². The van der Waals surface area contributed by atoms with Crippen LogP contribution in [-0.4, -0.2) is 29.9 Å². The lowest BCUT2D eigenvalue weighted by Gasteiger charge is -2.13. The first-order valence-corrected chi connectivity index (χ1v) is 24.0. The molecule has 2 aromatic heterocycles. The van der Waals surface area contributed by atoms with Gasteiger partial charge in [-0.2, -0.15) is 0 Å². The van der Waals surface area contributed by atoms with Gasteiger partial charge in [0.2, 0.25) is 0 Å². The van der Waals surface area contributed by atoms with Gasteiger partial charge in [-0.15, -0.1) is 0 Å². The maximum Gasteiger partial charge on any atom is 0.164 e. The predicted octanol–water partition coefficient (Wildman–Crippen LogP) is 16.4. The van der Waals surface area contributed by atoms with Crippen molar-refractivity contribution in [3.8, 4) is 124 Å². The summed E-state index contributed by atoms with van der Waals surface area (Å²) >= 11 is 0. The van der Waals surface area contributed by atoms with Gasteiger partial charge >= 0.3 is 0 Å². The summed E-state index contributed by atoms with van der Waals surface area (Å²) in [5, 5.41) is 0. The molecule has 0 fully saturated rings. The lowest BCUT2D eigenvalue weighted by molar-refractivity contribution is 1.07. The van der Waals surface area contributed by atoms with Crippen molar-refractivity contribution in [1.29, 1.82) is 0 Å². The van der Waals surface area contributed by atoms with Crippen molar-refractivity contribution in [2.24, 2.45) is 0 Å². The van der Waals surface area contributed by atoms with E-state index in [2.05, 4.69) is 164 Å². The molecule has 10 aromatic carbocycles. The van der Waals surface area contributed by atoms with E-state index in [9.17, 15) is 0 Å². The van der Waals surface area contributed by atoms with E-state index in [4.69, 9.17) is 29.9 Å². The van der Waals surface area contributed by atoms with Crippen LogP contribution in [0.3, 0.4) is 0 Å². The van der Waals surface area contributed by atoms with Crippen LogP contribution < -0.4 is 0 Å². The van der Waals surface area contributed by atoms with Crippen molar-refractivity contribution in [2.75, 3.05) is 0 Å². The molecule has 0 unspecified atom stereocenters. The summed E-state index contributed by atoms with van der Waals surface area (Å²) < 4.78 is 0. The minimum atomic E-state index is 0.597. The number of hydrogen-bond acceptors (Lipinski definition) is 6. The first kappa shape index (κ1) is 43.5. The zero-order valence-corrected chi connectivity index (χ0v) is 39.1. The van der Waals surface area contributed by atoms with Gasteiger partial charge in [-0.1, -0.05) is 237 Å². The van der Waals surface area contributed by atoms with Crippen LogP contribution in [0.5, 0.6) is 0 Å². The second-order valence-corrected chi connectivity index (χ2v) is 17.6. The Hall–Kier alpha value is -9.78. The molecule has 12 rings (SSSR count). The average molecular weight is 921 g/mol. The van der Waals surface area contributed by atoms with Crippen LogP contribution in [0.25, 0.3) is 124 Å². The maximum absolute atomic E-state index is 5.14. The minimum Gasteiger partial charge on any atom is -0.208 e. The molecule has 72 heavy (non-hydrogen) atoms. The Morgan fingerprint density at radius 2 is 0.319 bits per heavy atom. The van der Waals surface area contributed by atoms with Crippen molar-refractivity contribution >= 4 is 0 Å². The SMILES string of the molecule is c1ccc(-c2ccc(-c3ccc(-c4nc(-c5ccccc5)nc(-c5cccc(-c6cccc(-c7cc(-c8ccccc8)cc(-c8nc(-c9ccccc9)nc(-c9ccccc9)n8)c7)c6)c5)n4)cc3)cc2)cc1. The highest BCUT2D eigenvalue weighted by atomic mass is 15.0. The monoisotopic (exact) mass is 920 g/mol. The van der Waals surface area contributed by atoms with Crippen molar-refractivity contribution in [3.05, 3.63) is 267 Å². The van der Waals surface area contributed by atoms with Crippen molar-refractivity contribution in [1.82, 2.24) is 29.9 Å². The summed E-state index contributed by atoms with van der Waals surface area (Å²) in [6, 6.07) is 92.1. The maximum atomic E-state index is 5.14. The fourth-order valence-electron chi connectivity index (χ4n) is 9.02. The average Bonchev–Trinajstić information content (AvgIpc) is 3.48. The lowest BCUT2D eigenvalue weighted by atomic mass is 9.93. The molecule has 338 valence electrons. The van der Waals surface area contributed by atoms with Crippen molar-refractivity contribution < 1.29 is 0 Å². The highest BCUT2D eigenvalue weighted by Gasteiger charge is 2.17. The van der Waals surface area contributed by atoms with Crippen molar-refractivity contribution in [3.63, 3.8) is 0 Å². The van der Waals surface area contributed by atoms with Gasteiger partial charge in [-0.3, -0.25) is 0 Å². The third-order valence-corrected chi connectivity index (χ3v) is 12.8. The Morgan fingerprint density at radius 1 is 0.125 bits per heavy atom. The van der Waals surface area contributed by atoms with Crippen LogP contribution >= 0.6 is 0 Å². The summed E-state index contributed by atoms with van der Waals surface area (Å²) in [4.78, 5) is 30.4. The highest BCUT2D eigenvalue weighted by molar-refractivity contribution is 5.83. The molecule has 0 aliphatic heterocycles. The van der Waals surface area contributed by atoms with Crippen LogP contribution in [0.15, 0.2) is 267 Å². The standard InChI is InChI=1S/C66H44N6/c1-6-18-45(19-7-1)47-32-34-48(35-33-47)49-36-38-53(39-37-49)64-68-61(50-22-10-3-11-23-50)69-65(70-64)57-31-17-29-55(41-57)54-28-16-30-56(40-54)59-42-58(46-20-8-2-9-21-46)43-60(44-59)66-71-62(51-24-12-4-13-25-51)67-63(72-66)52-26-14-5-15-27-52/h1-44H. The first-order chi connectivity index (χ1) is 35.6. The van der Waals surface area contributed by atoms with Gasteiger partial charge in [0, 0.05) is 33.4 Å². The Morgan fingerprint density at radius 3 is 0.708 bits per heavy atom. The molecule has 6 heteroatoms. The predicted molar refractivity (Wildman–Crippen MR) is 293 cm³/mol. The number of nitrogens with zero attached hydrogens (tertiary/aromatic N) is 6. The largest absolute Gasteiger partial charge is 0.208 e. The van der Waals surface area contributed by atoms with E-state index in [1.807, 2.05) is 103 Å². The Labute approximate surface area is 418 Å². The van der Waals surface area contributed by atoms with Crippen LogP contribution in [0.1, 0.15) is 0 Å². The number of aromatic nitrogens is 6. The molecule has 0 aliphatic carbocycles. The molecule has 0 aliphatic rings. The van der Waals surface area contributed by atoms with Gasteiger partial charge in [0.15, 0.2) is 34.9 Å².